The fraction of sp³-hybridized carbons (Fsp3) is 0.350. The first-order valence-electron chi connectivity index (χ1n) is 18.3. The summed E-state index contributed by atoms with van der Waals surface area (Å²) < 4.78 is 0. The van der Waals surface area contributed by atoms with Crippen LogP contribution in [-0.2, 0) is 9.59 Å². The molecule has 2 saturated heterocycles. The molecule has 4 aromatic heterocycles. The Morgan fingerprint density at radius 1 is 0.667 bits per heavy atom. The molecule has 14 heteroatoms. The largest absolute Gasteiger partial charge is 0.346 e. The molecule has 8 rings (SSSR count). The van der Waals surface area contributed by atoms with E-state index in [1.807, 2.05) is 133 Å². The molecule has 0 bridgehead atoms. The van der Waals surface area contributed by atoms with Crippen LogP contribution in [-0.4, -0.2) is 103 Å². The van der Waals surface area contributed by atoms with E-state index in [1.165, 1.54) is 22.7 Å². The predicted molar refractivity (Wildman–Crippen MR) is 212 cm³/mol. The van der Waals surface area contributed by atoms with Crippen molar-refractivity contribution in [2.24, 2.45) is 0 Å². The van der Waals surface area contributed by atoms with Crippen LogP contribution in [0.15, 0.2) is 85.5 Å². The van der Waals surface area contributed by atoms with Gasteiger partial charge in [-0.2, -0.15) is 0 Å². The second-order valence-electron chi connectivity index (χ2n) is 14.3. The molecule has 6 heterocycles. The van der Waals surface area contributed by atoms with E-state index < -0.39 is 0 Å². The number of thiazole rings is 2. The first-order valence-corrected chi connectivity index (χ1v) is 20.0. The number of nitrogens with one attached hydrogen (secondary N) is 2. The molecule has 2 aliphatic rings. The lowest BCUT2D eigenvalue weighted by atomic mass is 10.0. The molecule has 54 heavy (non-hydrogen) atoms. The fourth-order valence-corrected chi connectivity index (χ4v) is 9.57. The summed E-state index contributed by atoms with van der Waals surface area (Å²) in [7, 11) is 7.80. The van der Waals surface area contributed by atoms with Gasteiger partial charge in [-0.15, -0.1) is 22.7 Å². The number of aromatic amines is 2. The monoisotopic (exact) mass is 760 g/mol. The Bertz CT molecular complexity index is 2050. The van der Waals surface area contributed by atoms with Gasteiger partial charge in [0.1, 0.15) is 35.1 Å². The van der Waals surface area contributed by atoms with Gasteiger partial charge in [0.25, 0.3) is 0 Å². The lowest BCUT2D eigenvalue weighted by molar-refractivity contribution is -0.138. The zero-order chi connectivity index (χ0) is 37.3. The molecule has 2 fully saturated rings. The van der Waals surface area contributed by atoms with Crippen molar-refractivity contribution in [2.45, 2.75) is 49.9 Å². The Morgan fingerprint density at radius 3 is 1.46 bits per heavy atom. The van der Waals surface area contributed by atoms with Crippen LogP contribution in [0.2, 0.25) is 0 Å². The van der Waals surface area contributed by atoms with Gasteiger partial charge in [-0.3, -0.25) is 19.4 Å². The van der Waals surface area contributed by atoms with E-state index in [9.17, 15) is 9.59 Å². The van der Waals surface area contributed by atoms with E-state index in [4.69, 9.17) is 19.9 Å². The molecule has 0 aliphatic carbocycles. The van der Waals surface area contributed by atoms with Crippen molar-refractivity contribution in [3.63, 3.8) is 0 Å². The smallest absolute Gasteiger partial charge is 0.245 e. The Labute approximate surface area is 322 Å². The standard InChI is InChI=1S/C40H44N10O2S2/c1-47(2)33(25-13-7-5-8-14-25)39(51)49-19-11-17-29(49)35-41-21-27(45-35)31-23-43-37(53-31)38-44-24-32(54-38)28-22-42-36(46-28)30-18-12-20-50(30)40(52)34(48(3)4)26-15-9-6-10-16-26/h5-10,13-16,21-24,29-30,33-34H,11-12,17-20H2,1-4H3,(H,41,45)(H,42,46)/t29-,30-,33+,34+/m0/s1. The molecule has 4 atom stereocenters. The summed E-state index contributed by atoms with van der Waals surface area (Å²) >= 11 is 3.08. The maximum absolute atomic E-state index is 13.9. The van der Waals surface area contributed by atoms with Gasteiger partial charge in [-0.1, -0.05) is 60.7 Å². The first-order chi connectivity index (χ1) is 26.3. The van der Waals surface area contributed by atoms with E-state index in [0.717, 1.165) is 79.6 Å². The average Bonchev–Trinajstić information content (AvgIpc) is 4.02. The molecule has 2 N–H and O–H groups in total. The highest BCUT2D eigenvalue weighted by Gasteiger charge is 2.38. The van der Waals surface area contributed by atoms with Crippen LogP contribution in [0.25, 0.3) is 31.2 Å². The van der Waals surface area contributed by atoms with Crippen molar-refractivity contribution in [1.29, 1.82) is 0 Å². The second kappa shape index (κ2) is 15.4. The third-order valence-electron chi connectivity index (χ3n) is 10.3. The van der Waals surface area contributed by atoms with Gasteiger partial charge >= 0.3 is 0 Å². The minimum Gasteiger partial charge on any atom is -0.346 e. The molecule has 2 aromatic carbocycles. The number of rotatable bonds is 11. The molecule has 12 nitrogen and oxygen atoms in total. The number of likely N-dealkylation sites (tertiary alicyclic amines) is 2. The zero-order valence-corrected chi connectivity index (χ0v) is 32.5. The number of hydrogen-bond donors (Lipinski definition) is 2. The number of nitrogens with zero attached hydrogens (tertiary/aromatic N) is 8. The third-order valence-corrected chi connectivity index (χ3v) is 12.5. The first kappa shape index (κ1) is 36.0. The number of benzene rings is 2. The van der Waals surface area contributed by atoms with Crippen molar-refractivity contribution in [3.8, 4) is 31.2 Å². The average molecular weight is 761 g/mol. The number of carbonyl (C=O) groups is 2. The number of H-pyrrole nitrogens is 2. The Morgan fingerprint density at radius 2 is 1.07 bits per heavy atom. The van der Waals surface area contributed by atoms with Crippen LogP contribution >= 0.6 is 22.7 Å². The van der Waals surface area contributed by atoms with Crippen molar-refractivity contribution in [2.75, 3.05) is 41.3 Å². The Hall–Kier alpha value is -5.02. The van der Waals surface area contributed by atoms with E-state index in [-0.39, 0.29) is 36.0 Å². The summed E-state index contributed by atoms with van der Waals surface area (Å²) in [4.78, 5) is 63.7. The highest BCUT2D eigenvalue weighted by molar-refractivity contribution is 7.24. The van der Waals surface area contributed by atoms with Crippen LogP contribution < -0.4 is 0 Å². The maximum atomic E-state index is 13.9. The molecule has 2 aliphatic heterocycles. The topological polar surface area (TPSA) is 130 Å². The Balaban J connectivity index is 0.955. The van der Waals surface area contributed by atoms with Crippen LogP contribution in [0.3, 0.4) is 0 Å². The quantitative estimate of drug-likeness (QED) is 0.145. The highest BCUT2D eigenvalue weighted by atomic mass is 32.1. The van der Waals surface area contributed by atoms with Gasteiger partial charge in [0, 0.05) is 37.9 Å². The van der Waals surface area contributed by atoms with Crippen LogP contribution in [0, 0.1) is 0 Å². The summed E-state index contributed by atoms with van der Waals surface area (Å²) in [6.45, 7) is 1.40. The van der Waals surface area contributed by atoms with Crippen molar-refractivity contribution in [1.82, 2.24) is 49.5 Å². The van der Waals surface area contributed by atoms with Crippen molar-refractivity contribution < 1.29 is 9.59 Å². The minimum absolute atomic E-state index is 0.0883. The van der Waals surface area contributed by atoms with Gasteiger partial charge in [0.15, 0.2) is 10.0 Å². The predicted octanol–water partition coefficient (Wildman–Crippen LogP) is 6.98. The lowest BCUT2D eigenvalue weighted by Gasteiger charge is -2.31. The van der Waals surface area contributed by atoms with Crippen LogP contribution in [0.4, 0.5) is 0 Å². The molecule has 0 saturated carbocycles. The van der Waals surface area contributed by atoms with E-state index in [2.05, 4.69) is 9.97 Å². The summed E-state index contributed by atoms with van der Waals surface area (Å²) in [5.74, 6) is 1.76. The number of aromatic nitrogens is 6. The molecule has 0 radical (unpaired) electrons. The molecule has 6 aromatic rings. The molecular weight excluding hydrogens is 717 g/mol. The molecule has 2 amide bonds. The van der Waals surface area contributed by atoms with Gasteiger partial charge < -0.3 is 19.8 Å². The highest BCUT2D eigenvalue weighted by Crippen LogP contribution is 2.40. The Kier molecular flexibility index (Phi) is 10.2. The van der Waals surface area contributed by atoms with Gasteiger partial charge in [-0.05, 0) is 65.0 Å². The second-order valence-corrected chi connectivity index (χ2v) is 16.4. The van der Waals surface area contributed by atoms with Crippen molar-refractivity contribution in [3.05, 3.63) is 108 Å². The lowest BCUT2D eigenvalue weighted by Crippen LogP contribution is -2.40. The van der Waals surface area contributed by atoms with Crippen LogP contribution in [0.1, 0.15) is 72.6 Å². The van der Waals surface area contributed by atoms with Crippen LogP contribution in [0.5, 0.6) is 0 Å². The number of hydrogen-bond acceptors (Lipinski definition) is 10. The maximum Gasteiger partial charge on any atom is 0.245 e. The fourth-order valence-electron chi connectivity index (χ4n) is 7.79. The molecule has 0 unspecified atom stereocenters. The summed E-state index contributed by atoms with van der Waals surface area (Å²) in [5, 5.41) is 1.61. The normalized spacial score (nSPS) is 18.6. The SMILES string of the molecule is CN(C)[C@@H](C(=O)N1CCC[C@H]1c1nc(-c2cnc(-c3ncc(-c4c[nH]c([C@@H]5CCCN5C(=O)[C@@H](c5ccccc5)N(C)C)n4)s3)s2)c[nH]1)c1ccccc1. The number of amides is 2. The summed E-state index contributed by atoms with van der Waals surface area (Å²) in [5.41, 5.74) is 3.57. The van der Waals surface area contributed by atoms with E-state index in [0.29, 0.717) is 13.1 Å². The van der Waals surface area contributed by atoms with Crippen molar-refractivity contribution >= 4 is 34.5 Å². The zero-order valence-electron chi connectivity index (χ0n) is 30.8. The van der Waals surface area contributed by atoms with E-state index >= 15 is 0 Å². The van der Waals surface area contributed by atoms with Gasteiger partial charge in [0.2, 0.25) is 11.8 Å². The third kappa shape index (κ3) is 7.02. The van der Waals surface area contributed by atoms with Gasteiger partial charge in [0.05, 0.1) is 21.8 Å². The number of imidazole rings is 2. The molecular formula is C40H44N10O2S2. The van der Waals surface area contributed by atoms with E-state index in [1.54, 1.807) is 0 Å². The van der Waals surface area contributed by atoms with Gasteiger partial charge in [-0.25, -0.2) is 19.9 Å². The number of likely N-dealkylation sites (N-methyl/N-ethyl adjacent to an activating group) is 2. The number of carbonyl (C=O) groups excluding carboxylic acids is 2. The molecule has 0 spiro atoms. The summed E-state index contributed by atoms with van der Waals surface area (Å²) in [6.07, 6.45) is 11.1. The summed E-state index contributed by atoms with van der Waals surface area (Å²) in [6, 6.07) is 19.0. The minimum atomic E-state index is -0.357. The molecule has 278 valence electrons.